The number of piperazine rings is 1. The van der Waals surface area contributed by atoms with Gasteiger partial charge in [0.1, 0.15) is 23.6 Å². The van der Waals surface area contributed by atoms with Crippen LogP contribution < -0.4 is 16.0 Å². The average Bonchev–Trinajstić information content (AvgIpc) is 3.52. The Morgan fingerprint density at radius 3 is 2.39 bits per heavy atom. The third-order valence-electron chi connectivity index (χ3n) is 9.50. The van der Waals surface area contributed by atoms with Crippen LogP contribution in [0, 0.1) is 17.7 Å². The monoisotopic (exact) mass is 641 g/mol. The Balaban J connectivity index is 1.53. The van der Waals surface area contributed by atoms with Gasteiger partial charge in [0.25, 0.3) is 5.91 Å². The maximum absolute atomic E-state index is 15.6. The summed E-state index contributed by atoms with van der Waals surface area (Å²) in [6.07, 6.45) is 3.94. The number of halogens is 1. The van der Waals surface area contributed by atoms with Crippen LogP contribution in [0.3, 0.4) is 0 Å². The zero-order valence-corrected chi connectivity index (χ0v) is 27.8. The van der Waals surface area contributed by atoms with Crippen LogP contribution in [0.4, 0.5) is 10.1 Å². The number of likely N-dealkylation sites (N-methyl/N-ethyl adjacent to an activating group) is 1. The number of aromatic nitrogens is 2. The first-order valence-corrected chi connectivity index (χ1v) is 16.4. The zero-order valence-electron chi connectivity index (χ0n) is 27.8. The summed E-state index contributed by atoms with van der Waals surface area (Å²) in [6, 6.07) is 2.56. The van der Waals surface area contributed by atoms with E-state index in [0.717, 1.165) is 32.2 Å². The molecule has 4 rings (SSSR count). The van der Waals surface area contributed by atoms with Crippen molar-refractivity contribution in [1.29, 1.82) is 0 Å². The van der Waals surface area contributed by atoms with Gasteiger partial charge in [-0.25, -0.2) is 9.02 Å². The number of rotatable bonds is 11. The van der Waals surface area contributed by atoms with Gasteiger partial charge in [-0.2, -0.15) is 0 Å². The molecule has 0 radical (unpaired) electrons. The molecule has 0 unspecified atom stereocenters. The van der Waals surface area contributed by atoms with Crippen molar-refractivity contribution in [2.24, 2.45) is 11.8 Å². The molecule has 2 heterocycles. The van der Waals surface area contributed by atoms with E-state index in [1.165, 1.54) is 12.1 Å². The van der Waals surface area contributed by atoms with Crippen molar-refractivity contribution in [2.75, 3.05) is 32.0 Å². The standard InChI is InChI=1S/C33H48FN7O5/c1-7-25-30(39-46-38-25)32(44)37-29(22-11-9-19(3)10-12-22)31(43)35-26-14-13-23(17-24(26)34)21(5)28(36-27(42)8-2)33(45)41-16-15-40(6)18-20(41)4/h13-14,17,19-22,28-29H,7-12,15-16,18H2,1-6H3,(H,35,43)(H,36,42)(H,37,44)/t19?,20-,21-,22?,28+,29-/m0/s1. The molecule has 12 nitrogen and oxygen atoms in total. The van der Waals surface area contributed by atoms with Crippen molar-refractivity contribution in [2.45, 2.75) is 97.2 Å². The van der Waals surface area contributed by atoms with Crippen LogP contribution in [0.1, 0.15) is 94.4 Å². The van der Waals surface area contributed by atoms with Crippen molar-refractivity contribution in [3.63, 3.8) is 0 Å². The molecule has 3 N–H and O–H groups in total. The van der Waals surface area contributed by atoms with E-state index < -0.39 is 35.6 Å². The van der Waals surface area contributed by atoms with E-state index in [1.807, 2.05) is 20.9 Å². The summed E-state index contributed by atoms with van der Waals surface area (Å²) in [5, 5.41) is 15.8. The number of carbonyl (C=O) groups excluding carboxylic acids is 4. The van der Waals surface area contributed by atoms with Crippen molar-refractivity contribution in [3.8, 4) is 0 Å². The van der Waals surface area contributed by atoms with Gasteiger partial charge in [-0.1, -0.05) is 51.8 Å². The fraction of sp³-hybridized carbons (Fsp3) is 0.636. The number of amides is 4. The lowest BCUT2D eigenvalue weighted by molar-refractivity contribution is -0.140. The van der Waals surface area contributed by atoms with Gasteiger partial charge < -0.3 is 25.8 Å². The highest BCUT2D eigenvalue weighted by Gasteiger charge is 2.37. The van der Waals surface area contributed by atoms with Crippen LogP contribution in [0.5, 0.6) is 0 Å². The highest BCUT2D eigenvalue weighted by atomic mass is 19.1. The Morgan fingerprint density at radius 1 is 1.04 bits per heavy atom. The topological polar surface area (TPSA) is 150 Å². The Labute approximate surface area is 270 Å². The molecule has 1 aromatic heterocycles. The molecule has 1 aliphatic heterocycles. The summed E-state index contributed by atoms with van der Waals surface area (Å²) in [5.41, 5.74) is 0.872. The van der Waals surface area contributed by atoms with E-state index in [4.69, 9.17) is 4.63 Å². The SMILES string of the molecule is CCC(=O)N[C@@H](C(=O)N1CCN(C)C[C@@H]1C)[C@@H](C)c1ccc(NC(=O)[C@@H](NC(=O)c2nonc2CC)C2CCC(C)CC2)c(F)c1. The number of hydrogen-bond donors (Lipinski definition) is 3. The molecule has 46 heavy (non-hydrogen) atoms. The first-order chi connectivity index (χ1) is 21.9. The molecular formula is C33H48FN7O5. The minimum Gasteiger partial charge on any atom is -0.344 e. The maximum Gasteiger partial charge on any atom is 0.276 e. The molecule has 2 aliphatic rings. The molecule has 4 atom stereocenters. The summed E-state index contributed by atoms with van der Waals surface area (Å²) < 4.78 is 20.4. The highest BCUT2D eigenvalue weighted by Crippen LogP contribution is 2.32. The van der Waals surface area contributed by atoms with Gasteiger partial charge in [0, 0.05) is 38.0 Å². The van der Waals surface area contributed by atoms with Crippen LogP contribution >= 0.6 is 0 Å². The van der Waals surface area contributed by atoms with Crippen LogP contribution in [-0.2, 0) is 20.8 Å². The van der Waals surface area contributed by atoms with E-state index in [1.54, 1.807) is 24.8 Å². The molecule has 1 aromatic carbocycles. The van der Waals surface area contributed by atoms with Gasteiger partial charge in [-0.05, 0) is 67.9 Å². The molecule has 2 fully saturated rings. The van der Waals surface area contributed by atoms with Crippen LogP contribution in [-0.4, -0.2) is 88.5 Å². The van der Waals surface area contributed by atoms with E-state index in [2.05, 4.69) is 38.1 Å². The third kappa shape index (κ3) is 8.28. The van der Waals surface area contributed by atoms with Crippen LogP contribution in [0.25, 0.3) is 0 Å². The Kier molecular flexibility index (Phi) is 11.9. The molecule has 0 bridgehead atoms. The predicted molar refractivity (Wildman–Crippen MR) is 170 cm³/mol. The summed E-state index contributed by atoms with van der Waals surface area (Å²) >= 11 is 0. The minimum atomic E-state index is -0.920. The van der Waals surface area contributed by atoms with Gasteiger partial charge >= 0.3 is 0 Å². The van der Waals surface area contributed by atoms with Gasteiger partial charge in [-0.3, -0.25) is 19.2 Å². The van der Waals surface area contributed by atoms with Crippen molar-refractivity contribution in [3.05, 3.63) is 41.0 Å². The molecule has 1 aliphatic carbocycles. The van der Waals surface area contributed by atoms with E-state index >= 15 is 4.39 Å². The summed E-state index contributed by atoms with van der Waals surface area (Å²) in [4.78, 5) is 56.9. The lowest BCUT2D eigenvalue weighted by Crippen LogP contribution is -2.59. The van der Waals surface area contributed by atoms with Crippen molar-refractivity contribution >= 4 is 29.3 Å². The zero-order chi connectivity index (χ0) is 33.5. The first kappa shape index (κ1) is 35.0. The maximum atomic E-state index is 15.6. The highest BCUT2D eigenvalue weighted by molar-refractivity contribution is 6.01. The Hall–Kier alpha value is -3.87. The predicted octanol–water partition coefficient (Wildman–Crippen LogP) is 3.50. The number of benzene rings is 1. The smallest absolute Gasteiger partial charge is 0.276 e. The molecule has 1 saturated heterocycles. The van der Waals surface area contributed by atoms with Crippen molar-refractivity contribution in [1.82, 2.24) is 30.7 Å². The Morgan fingerprint density at radius 2 is 1.76 bits per heavy atom. The summed E-state index contributed by atoms with van der Waals surface area (Å²) in [5.74, 6) is -2.43. The fourth-order valence-corrected chi connectivity index (χ4v) is 6.48. The molecule has 4 amide bonds. The van der Waals surface area contributed by atoms with Gasteiger partial charge in [-0.15, -0.1) is 0 Å². The molecular weight excluding hydrogens is 593 g/mol. The van der Waals surface area contributed by atoms with Crippen LogP contribution in [0.15, 0.2) is 22.8 Å². The quantitative estimate of drug-likeness (QED) is 0.338. The number of hydrogen-bond acceptors (Lipinski definition) is 8. The number of nitrogens with one attached hydrogen (secondary N) is 3. The molecule has 252 valence electrons. The molecule has 2 aromatic rings. The van der Waals surface area contributed by atoms with E-state index in [-0.39, 0.29) is 41.6 Å². The normalized spacial score (nSPS) is 22.4. The van der Waals surface area contributed by atoms with Gasteiger partial charge in [0.15, 0.2) is 5.69 Å². The van der Waals surface area contributed by atoms with Crippen molar-refractivity contribution < 1.29 is 28.2 Å². The number of nitrogens with zero attached hydrogens (tertiary/aromatic N) is 4. The fourth-order valence-electron chi connectivity index (χ4n) is 6.48. The second-order valence-electron chi connectivity index (χ2n) is 12.9. The summed E-state index contributed by atoms with van der Waals surface area (Å²) in [6.45, 7) is 11.4. The van der Waals surface area contributed by atoms with E-state index in [9.17, 15) is 19.2 Å². The van der Waals surface area contributed by atoms with Crippen LogP contribution in [0.2, 0.25) is 0 Å². The lowest BCUT2D eigenvalue weighted by Gasteiger charge is -2.41. The number of carbonyl (C=O) groups is 4. The summed E-state index contributed by atoms with van der Waals surface area (Å²) in [7, 11) is 2.00. The number of aryl methyl sites for hydroxylation is 1. The average molecular weight is 642 g/mol. The van der Waals surface area contributed by atoms with Gasteiger partial charge in [0.2, 0.25) is 17.7 Å². The second-order valence-corrected chi connectivity index (χ2v) is 12.9. The largest absolute Gasteiger partial charge is 0.344 e. The second kappa shape index (κ2) is 15.6. The molecule has 13 heteroatoms. The van der Waals surface area contributed by atoms with Gasteiger partial charge in [0.05, 0.1) is 5.69 Å². The molecule has 0 spiro atoms. The first-order valence-electron chi connectivity index (χ1n) is 16.4. The third-order valence-corrected chi connectivity index (χ3v) is 9.50. The Bertz CT molecular complexity index is 1390. The van der Waals surface area contributed by atoms with E-state index in [0.29, 0.717) is 36.7 Å². The minimum absolute atomic E-state index is 0.0271. The number of anilines is 1. The molecule has 1 saturated carbocycles. The lowest BCUT2D eigenvalue weighted by atomic mass is 9.79.